The molecule has 0 bridgehead atoms. The molecule has 3 heterocycles. The highest BCUT2D eigenvalue weighted by Gasteiger charge is 2.54. The first-order valence-corrected chi connectivity index (χ1v) is 7.47. The molecule has 1 aliphatic carbocycles. The Labute approximate surface area is 132 Å². The Kier molecular flexibility index (Phi) is 2.70. The number of hydrogen-bond donors (Lipinski definition) is 0. The first kappa shape index (κ1) is 14.3. The number of aromatic nitrogens is 1. The van der Waals surface area contributed by atoms with Gasteiger partial charge in [-0.05, 0) is 32.4 Å². The summed E-state index contributed by atoms with van der Waals surface area (Å²) >= 11 is 0. The number of rotatable bonds is 0. The van der Waals surface area contributed by atoms with Crippen LogP contribution in [0.4, 0.5) is 0 Å². The normalized spacial score (nSPS) is 28.2. The molecule has 118 valence electrons. The predicted molar refractivity (Wildman–Crippen MR) is 78.1 cm³/mol. The van der Waals surface area contributed by atoms with Gasteiger partial charge in [0.15, 0.2) is 11.9 Å². The van der Waals surface area contributed by atoms with Crippen LogP contribution in [0, 0.1) is 6.92 Å². The molecule has 6 heteroatoms. The third kappa shape index (κ3) is 1.84. The number of fused-ring (bicyclic) bond motifs is 3. The zero-order chi connectivity index (χ0) is 16.5. The van der Waals surface area contributed by atoms with Gasteiger partial charge in [-0.15, -0.1) is 0 Å². The molecule has 1 saturated heterocycles. The van der Waals surface area contributed by atoms with Gasteiger partial charge < -0.3 is 9.47 Å². The molecule has 3 aliphatic rings. The van der Waals surface area contributed by atoms with Crippen LogP contribution in [0.2, 0.25) is 0 Å². The summed E-state index contributed by atoms with van der Waals surface area (Å²) in [5, 5.41) is 0. The maximum absolute atomic E-state index is 13.0. The second kappa shape index (κ2) is 4.35. The SMILES string of the molecule is Cc1cnc2c(c1)C(=O)C1=C(C2=O)C2OC(=O)CC2OC1(C)C. The minimum atomic E-state index is -0.960. The maximum Gasteiger partial charge on any atom is 0.309 e. The van der Waals surface area contributed by atoms with Gasteiger partial charge in [0.1, 0.15) is 11.8 Å². The van der Waals surface area contributed by atoms with Crippen LogP contribution in [0.3, 0.4) is 0 Å². The lowest BCUT2D eigenvalue weighted by atomic mass is 9.74. The average Bonchev–Trinajstić information content (AvgIpc) is 2.82. The summed E-state index contributed by atoms with van der Waals surface area (Å²) in [5.41, 5.74) is 0.753. The molecule has 23 heavy (non-hydrogen) atoms. The lowest BCUT2D eigenvalue weighted by Crippen LogP contribution is -2.50. The Bertz CT molecular complexity index is 820. The van der Waals surface area contributed by atoms with E-state index in [-0.39, 0.29) is 40.4 Å². The van der Waals surface area contributed by atoms with Crippen molar-refractivity contribution in [2.75, 3.05) is 0 Å². The van der Waals surface area contributed by atoms with Crippen molar-refractivity contribution in [3.8, 4) is 0 Å². The van der Waals surface area contributed by atoms with Gasteiger partial charge in [-0.2, -0.15) is 0 Å². The molecule has 0 amide bonds. The number of Topliss-reactive ketones (excluding diaryl/α,β-unsaturated/α-hetero) is 2. The number of esters is 1. The van der Waals surface area contributed by atoms with Crippen molar-refractivity contribution < 1.29 is 23.9 Å². The second-order valence-corrected chi connectivity index (χ2v) is 6.64. The van der Waals surface area contributed by atoms with Crippen molar-refractivity contribution in [3.63, 3.8) is 0 Å². The Hall–Kier alpha value is -2.34. The molecule has 0 N–H and O–H groups in total. The first-order valence-electron chi connectivity index (χ1n) is 7.47. The van der Waals surface area contributed by atoms with E-state index in [0.717, 1.165) is 5.56 Å². The smallest absolute Gasteiger partial charge is 0.309 e. The van der Waals surface area contributed by atoms with Crippen LogP contribution in [0.1, 0.15) is 46.7 Å². The molecule has 6 nitrogen and oxygen atoms in total. The molecule has 2 unspecified atom stereocenters. The standard InChI is InChI=1S/C17H15NO5/c1-7-4-8-13(18-6-7)15(21)11-12(14(8)20)17(2,3)23-9-5-10(19)22-16(9)11/h4,6,9,16H,5H2,1-3H3. The van der Waals surface area contributed by atoms with E-state index >= 15 is 0 Å². The van der Waals surface area contributed by atoms with Crippen LogP contribution < -0.4 is 0 Å². The lowest BCUT2D eigenvalue weighted by molar-refractivity contribution is -0.141. The number of carbonyl (C=O) groups is 3. The van der Waals surface area contributed by atoms with E-state index in [1.54, 1.807) is 26.1 Å². The van der Waals surface area contributed by atoms with Crippen LogP contribution in [0.5, 0.6) is 0 Å². The van der Waals surface area contributed by atoms with Crippen molar-refractivity contribution in [2.24, 2.45) is 0 Å². The van der Waals surface area contributed by atoms with Gasteiger partial charge in [0.25, 0.3) is 0 Å². The van der Waals surface area contributed by atoms with Crippen molar-refractivity contribution in [3.05, 3.63) is 40.2 Å². The van der Waals surface area contributed by atoms with E-state index < -0.39 is 23.8 Å². The Morgan fingerprint density at radius 3 is 2.70 bits per heavy atom. The fraction of sp³-hybridized carbons (Fsp3) is 0.412. The van der Waals surface area contributed by atoms with E-state index in [0.29, 0.717) is 0 Å². The largest absolute Gasteiger partial charge is 0.454 e. The van der Waals surface area contributed by atoms with Gasteiger partial charge in [-0.3, -0.25) is 19.4 Å². The average molecular weight is 313 g/mol. The first-order chi connectivity index (χ1) is 10.8. The number of hydrogen-bond acceptors (Lipinski definition) is 6. The molecular formula is C17H15NO5. The molecule has 0 radical (unpaired) electrons. The third-order valence-electron chi connectivity index (χ3n) is 4.52. The number of pyridine rings is 1. The highest BCUT2D eigenvalue weighted by molar-refractivity contribution is 6.27. The number of nitrogens with zero attached hydrogens (tertiary/aromatic N) is 1. The number of ether oxygens (including phenoxy) is 2. The van der Waals surface area contributed by atoms with Crippen LogP contribution in [0.25, 0.3) is 0 Å². The number of aryl methyl sites for hydroxylation is 1. The molecule has 1 fully saturated rings. The van der Waals surface area contributed by atoms with E-state index in [9.17, 15) is 14.4 Å². The number of ketones is 2. The van der Waals surface area contributed by atoms with E-state index in [2.05, 4.69) is 4.98 Å². The summed E-state index contributed by atoms with van der Waals surface area (Å²) in [6, 6.07) is 1.66. The lowest BCUT2D eigenvalue weighted by Gasteiger charge is -2.41. The summed E-state index contributed by atoms with van der Waals surface area (Å²) in [6.45, 7) is 5.29. The minimum Gasteiger partial charge on any atom is -0.454 e. The van der Waals surface area contributed by atoms with Crippen molar-refractivity contribution >= 4 is 17.5 Å². The Morgan fingerprint density at radius 1 is 1.22 bits per heavy atom. The highest BCUT2D eigenvalue weighted by atomic mass is 16.6. The molecule has 1 aromatic heterocycles. The third-order valence-corrected chi connectivity index (χ3v) is 4.52. The van der Waals surface area contributed by atoms with Crippen molar-refractivity contribution in [1.82, 2.24) is 4.98 Å². The van der Waals surface area contributed by atoms with Crippen LogP contribution in [0.15, 0.2) is 23.4 Å². The van der Waals surface area contributed by atoms with Gasteiger partial charge in [0, 0.05) is 11.8 Å². The van der Waals surface area contributed by atoms with Gasteiger partial charge >= 0.3 is 5.97 Å². The molecule has 2 aliphatic heterocycles. The van der Waals surface area contributed by atoms with E-state index in [1.807, 2.05) is 6.92 Å². The monoisotopic (exact) mass is 313 g/mol. The fourth-order valence-corrected chi connectivity index (χ4v) is 3.61. The van der Waals surface area contributed by atoms with Gasteiger partial charge in [-0.1, -0.05) is 0 Å². The maximum atomic E-state index is 13.0. The molecule has 0 spiro atoms. The van der Waals surface area contributed by atoms with E-state index in [4.69, 9.17) is 9.47 Å². The minimum absolute atomic E-state index is 0.0839. The predicted octanol–water partition coefficient (Wildman–Crippen LogP) is 1.56. The topological polar surface area (TPSA) is 82.6 Å². The fourth-order valence-electron chi connectivity index (χ4n) is 3.61. The highest BCUT2D eigenvalue weighted by Crippen LogP contribution is 2.44. The summed E-state index contributed by atoms with van der Waals surface area (Å²) in [5.74, 6) is -1.06. The van der Waals surface area contributed by atoms with E-state index in [1.165, 1.54) is 0 Å². The summed E-state index contributed by atoms with van der Waals surface area (Å²) in [4.78, 5) is 41.7. The molecule has 0 aromatic carbocycles. The van der Waals surface area contributed by atoms with Crippen LogP contribution >= 0.6 is 0 Å². The van der Waals surface area contributed by atoms with Gasteiger partial charge in [0.05, 0.1) is 23.2 Å². The number of carbonyl (C=O) groups excluding carboxylic acids is 3. The summed E-state index contributed by atoms with van der Waals surface area (Å²) in [7, 11) is 0. The van der Waals surface area contributed by atoms with Crippen LogP contribution in [-0.2, 0) is 14.3 Å². The second-order valence-electron chi connectivity index (χ2n) is 6.64. The molecule has 2 atom stereocenters. The quantitative estimate of drug-likeness (QED) is 0.676. The molecule has 1 aromatic rings. The Morgan fingerprint density at radius 2 is 1.96 bits per heavy atom. The van der Waals surface area contributed by atoms with Crippen molar-refractivity contribution in [2.45, 2.75) is 45.0 Å². The zero-order valence-corrected chi connectivity index (χ0v) is 13.0. The molecule has 0 saturated carbocycles. The Balaban J connectivity index is 1.97. The van der Waals surface area contributed by atoms with Crippen LogP contribution in [-0.4, -0.2) is 40.3 Å². The van der Waals surface area contributed by atoms with Gasteiger partial charge in [0.2, 0.25) is 5.78 Å². The summed E-state index contributed by atoms with van der Waals surface area (Å²) in [6.07, 6.45) is 0.275. The van der Waals surface area contributed by atoms with Gasteiger partial charge in [-0.25, -0.2) is 0 Å². The summed E-state index contributed by atoms with van der Waals surface area (Å²) < 4.78 is 11.2. The molecule has 4 rings (SSSR count). The van der Waals surface area contributed by atoms with Crippen molar-refractivity contribution in [1.29, 1.82) is 0 Å². The molecular weight excluding hydrogens is 298 g/mol. The zero-order valence-electron chi connectivity index (χ0n) is 13.0.